The molecule has 1 saturated heterocycles. The quantitative estimate of drug-likeness (QED) is 0.648. The molecule has 9 heteroatoms. The normalized spacial score (nSPS) is 11.0. The molecule has 9 nitrogen and oxygen atoms in total. The maximum Gasteiger partial charge on any atom is 0.508 e. The zero-order chi connectivity index (χ0) is 15.0. The zero-order valence-electron chi connectivity index (χ0n) is 13.0. The molecule has 1 aliphatic heterocycles. The van der Waals surface area contributed by atoms with Crippen molar-refractivity contribution < 1.29 is 34.4 Å². The van der Waals surface area contributed by atoms with Gasteiger partial charge in [0, 0.05) is 0 Å². The molecule has 0 aromatic heterocycles. The molecule has 0 aliphatic carbocycles. The first-order chi connectivity index (χ1) is 8.56. The van der Waals surface area contributed by atoms with Gasteiger partial charge in [-0.2, -0.15) is 0 Å². The van der Waals surface area contributed by atoms with Gasteiger partial charge in [-0.15, -0.1) is 0 Å². The molecule has 1 fully saturated rings. The molecule has 134 valence electrons. The van der Waals surface area contributed by atoms with Gasteiger partial charge < -0.3 is 36.7 Å². The second kappa shape index (κ2) is 31.0. The van der Waals surface area contributed by atoms with Crippen LogP contribution in [0.1, 0.15) is 42.0 Å². The standard InChI is InChI=1S/C4H9NO3.C3H4O3.2C2H6.CH4.H3N.H2O/c1-3(2-6)8-4(5)7;4-3-5-1-2-6-3;2*1-2;;;/h3,6H,2H2,1H3,(H2,5,7);1-2H2;2*1-2H3;1H4;1H3;1H2. The summed E-state index contributed by atoms with van der Waals surface area (Å²) in [5.74, 6) is 0. The number of hydrogen-bond acceptors (Lipinski definition) is 7. The molecule has 1 rings (SSSR count). The van der Waals surface area contributed by atoms with Crippen LogP contribution in [0.4, 0.5) is 9.59 Å². The Morgan fingerprint density at radius 3 is 1.71 bits per heavy atom. The Bertz CT molecular complexity index is 196. The Labute approximate surface area is 127 Å². The van der Waals surface area contributed by atoms with Gasteiger partial charge in [0.25, 0.3) is 0 Å². The molecule has 0 radical (unpaired) electrons. The van der Waals surface area contributed by atoms with Crippen LogP contribution in [0.2, 0.25) is 0 Å². The fraction of sp³-hybridized carbons (Fsp3) is 0.833. The lowest BCUT2D eigenvalue weighted by atomic mass is 10.4. The second-order valence-corrected chi connectivity index (χ2v) is 2.38. The van der Waals surface area contributed by atoms with Crippen molar-refractivity contribution in [1.82, 2.24) is 6.15 Å². The van der Waals surface area contributed by atoms with E-state index in [9.17, 15) is 9.59 Å². The topological polar surface area (TPSA) is 175 Å². The summed E-state index contributed by atoms with van der Waals surface area (Å²) in [5.41, 5.74) is 4.60. The highest BCUT2D eigenvalue weighted by molar-refractivity contribution is 5.64. The number of aliphatic hydroxyl groups excluding tert-OH is 1. The molecule has 0 aromatic rings. The minimum absolute atomic E-state index is 0. The fourth-order valence-electron chi connectivity index (χ4n) is 0.527. The van der Waals surface area contributed by atoms with Crippen LogP contribution >= 0.6 is 0 Å². The number of ether oxygens (including phenoxy) is 3. The molecule has 0 saturated carbocycles. The van der Waals surface area contributed by atoms with Crippen LogP contribution < -0.4 is 11.9 Å². The van der Waals surface area contributed by atoms with Crippen molar-refractivity contribution >= 4 is 12.2 Å². The van der Waals surface area contributed by atoms with E-state index in [1.54, 1.807) is 6.92 Å². The SMILES string of the molecule is C.CC.CC.CC(CO)OC(N)=O.N.O.O=C1OCCO1. The minimum Gasteiger partial charge on any atom is -0.444 e. The van der Waals surface area contributed by atoms with Gasteiger partial charge in [0.15, 0.2) is 0 Å². The largest absolute Gasteiger partial charge is 0.508 e. The summed E-state index contributed by atoms with van der Waals surface area (Å²) in [4.78, 5) is 19.7. The van der Waals surface area contributed by atoms with Gasteiger partial charge in [-0.3, -0.25) is 0 Å². The number of carbonyl (C=O) groups is 2. The first-order valence-corrected chi connectivity index (χ1v) is 5.92. The highest BCUT2D eigenvalue weighted by Gasteiger charge is 2.09. The summed E-state index contributed by atoms with van der Waals surface area (Å²) < 4.78 is 12.9. The molecule has 0 aromatic carbocycles. The third-order valence-electron chi connectivity index (χ3n) is 1.10. The van der Waals surface area contributed by atoms with E-state index >= 15 is 0 Å². The van der Waals surface area contributed by atoms with Crippen LogP contribution in [0.15, 0.2) is 0 Å². The number of primary amides is 1. The lowest BCUT2D eigenvalue weighted by molar-refractivity contribution is 0.0745. The maximum atomic E-state index is 9.86. The van der Waals surface area contributed by atoms with Crippen LogP contribution in [0.5, 0.6) is 0 Å². The van der Waals surface area contributed by atoms with Gasteiger partial charge in [0.05, 0.1) is 6.61 Å². The van der Waals surface area contributed by atoms with Crippen molar-refractivity contribution in [3.05, 3.63) is 0 Å². The van der Waals surface area contributed by atoms with E-state index in [1.807, 2.05) is 27.7 Å². The average Bonchev–Trinajstić information content (AvgIpc) is 2.85. The van der Waals surface area contributed by atoms with E-state index in [2.05, 4.69) is 19.9 Å². The molecule has 1 heterocycles. The van der Waals surface area contributed by atoms with Gasteiger partial charge in [-0.1, -0.05) is 35.1 Å². The maximum absolute atomic E-state index is 9.86. The number of rotatable bonds is 2. The average molecular weight is 318 g/mol. The summed E-state index contributed by atoms with van der Waals surface area (Å²) in [6.45, 7) is 10.2. The van der Waals surface area contributed by atoms with Crippen LogP contribution in [-0.4, -0.2) is 48.8 Å². The van der Waals surface area contributed by atoms with E-state index in [-0.39, 0.29) is 25.7 Å². The first-order valence-electron chi connectivity index (χ1n) is 5.92. The molecule has 0 spiro atoms. The number of nitrogens with two attached hydrogens (primary N) is 1. The van der Waals surface area contributed by atoms with E-state index in [1.165, 1.54) is 0 Å². The lowest BCUT2D eigenvalue weighted by Gasteiger charge is -2.05. The lowest BCUT2D eigenvalue weighted by Crippen LogP contribution is -2.22. The summed E-state index contributed by atoms with van der Waals surface area (Å²) >= 11 is 0. The molecule has 0 bridgehead atoms. The fourth-order valence-corrected chi connectivity index (χ4v) is 0.527. The molecule has 1 atom stereocenters. The molecule has 1 amide bonds. The van der Waals surface area contributed by atoms with Crippen molar-refractivity contribution in [2.75, 3.05) is 19.8 Å². The molecule has 21 heavy (non-hydrogen) atoms. The van der Waals surface area contributed by atoms with Gasteiger partial charge in [0.2, 0.25) is 0 Å². The second-order valence-electron chi connectivity index (χ2n) is 2.38. The highest BCUT2D eigenvalue weighted by atomic mass is 16.8. The van der Waals surface area contributed by atoms with Gasteiger partial charge in [0.1, 0.15) is 19.3 Å². The molecular formula is C12H34N2O7. The van der Waals surface area contributed by atoms with Gasteiger partial charge >= 0.3 is 12.2 Å². The summed E-state index contributed by atoms with van der Waals surface area (Å²) in [6, 6.07) is 0. The van der Waals surface area contributed by atoms with Crippen LogP contribution in [0, 0.1) is 0 Å². The Balaban J connectivity index is -0.0000000391. The van der Waals surface area contributed by atoms with Crippen LogP contribution in [0.3, 0.4) is 0 Å². The van der Waals surface area contributed by atoms with Crippen molar-refractivity contribution in [3.63, 3.8) is 0 Å². The van der Waals surface area contributed by atoms with Gasteiger partial charge in [-0.25, -0.2) is 9.59 Å². The zero-order valence-corrected chi connectivity index (χ0v) is 13.0. The Hall–Kier alpha value is -1.58. The smallest absolute Gasteiger partial charge is 0.444 e. The molecule has 1 unspecified atom stereocenters. The molecule has 1 aliphatic rings. The number of carbonyl (C=O) groups excluding carboxylic acids is 2. The predicted octanol–water partition coefficient (Wildman–Crippen LogP) is 1.64. The highest BCUT2D eigenvalue weighted by Crippen LogP contribution is 1.92. The first kappa shape index (κ1) is 36.6. The van der Waals surface area contributed by atoms with Crippen molar-refractivity contribution in [3.8, 4) is 0 Å². The summed E-state index contributed by atoms with van der Waals surface area (Å²) in [7, 11) is 0. The Morgan fingerprint density at radius 1 is 1.29 bits per heavy atom. The van der Waals surface area contributed by atoms with Crippen LogP contribution in [-0.2, 0) is 14.2 Å². The third-order valence-corrected chi connectivity index (χ3v) is 1.10. The van der Waals surface area contributed by atoms with Crippen molar-refractivity contribution in [2.45, 2.75) is 48.1 Å². The number of aliphatic hydroxyl groups is 1. The van der Waals surface area contributed by atoms with E-state index in [0.717, 1.165) is 0 Å². The minimum atomic E-state index is -0.855. The number of hydrogen-bond donors (Lipinski definition) is 3. The Kier molecular flexibility index (Phi) is 54.1. The Morgan fingerprint density at radius 2 is 1.62 bits per heavy atom. The van der Waals surface area contributed by atoms with E-state index in [0.29, 0.717) is 13.2 Å². The summed E-state index contributed by atoms with van der Waals surface area (Å²) in [6.07, 6.45) is -1.89. The molecular weight excluding hydrogens is 284 g/mol. The monoisotopic (exact) mass is 318 g/mol. The molecule has 8 N–H and O–H groups in total. The van der Waals surface area contributed by atoms with E-state index < -0.39 is 18.4 Å². The number of cyclic esters (lactones) is 2. The van der Waals surface area contributed by atoms with Crippen molar-refractivity contribution in [2.24, 2.45) is 5.73 Å². The number of amides is 1. The van der Waals surface area contributed by atoms with Crippen molar-refractivity contribution in [1.29, 1.82) is 0 Å². The summed E-state index contributed by atoms with van der Waals surface area (Å²) in [5, 5.41) is 8.25. The third kappa shape index (κ3) is 38.1. The van der Waals surface area contributed by atoms with E-state index in [4.69, 9.17) is 5.11 Å². The predicted molar refractivity (Wildman–Crippen MR) is 82.6 cm³/mol. The van der Waals surface area contributed by atoms with Crippen LogP contribution in [0.25, 0.3) is 0 Å². The van der Waals surface area contributed by atoms with Gasteiger partial charge in [-0.05, 0) is 6.92 Å².